The third-order valence-electron chi connectivity index (χ3n) is 5.32. The third-order valence-corrected chi connectivity index (χ3v) is 5.32. The fourth-order valence-electron chi connectivity index (χ4n) is 3.65. The number of carbonyl (C=O) groups is 1. The standard InChI is InChI=1S/C22H21F3N6O/c23-12-7-9-31(11-16(12)27)19-6-8-28-10-18(19)30-22(32)21-15(26)4-5-17(29-21)20-13(24)2-1-3-14(20)25/h1-6,8,10,12,16H,7,9,11,26-27H2,(H,30,32)/t12-,16-/m1/s1. The number of nitrogen functional groups attached to an aromatic ring is 1. The van der Waals surface area contributed by atoms with Crippen LogP contribution in [0.3, 0.4) is 0 Å². The number of pyridine rings is 2. The lowest BCUT2D eigenvalue weighted by Crippen LogP contribution is -2.50. The lowest BCUT2D eigenvalue weighted by molar-refractivity contribution is 0.102. The fourth-order valence-corrected chi connectivity index (χ4v) is 3.65. The van der Waals surface area contributed by atoms with Crippen LogP contribution >= 0.6 is 0 Å². The number of piperidine rings is 1. The molecule has 32 heavy (non-hydrogen) atoms. The molecule has 1 saturated heterocycles. The zero-order chi connectivity index (χ0) is 22.8. The second-order valence-electron chi connectivity index (χ2n) is 7.49. The summed E-state index contributed by atoms with van der Waals surface area (Å²) in [6, 6.07) is 7.17. The van der Waals surface area contributed by atoms with E-state index in [1.165, 1.54) is 24.4 Å². The number of anilines is 3. The second-order valence-corrected chi connectivity index (χ2v) is 7.49. The Kier molecular flexibility index (Phi) is 5.95. The molecule has 0 bridgehead atoms. The van der Waals surface area contributed by atoms with Crippen molar-refractivity contribution in [2.24, 2.45) is 5.73 Å². The van der Waals surface area contributed by atoms with Crippen LogP contribution in [0, 0.1) is 11.6 Å². The van der Waals surface area contributed by atoms with E-state index in [1.54, 1.807) is 12.3 Å². The summed E-state index contributed by atoms with van der Waals surface area (Å²) in [5.41, 5.74) is 12.2. The Hall–Kier alpha value is -3.66. The van der Waals surface area contributed by atoms with Gasteiger partial charge in [0.05, 0.1) is 40.6 Å². The molecule has 3 heterocycles. The van der Waals surface area contributed by atoms with Crippen molar-refractivity contribution >= 4 is 23.0 Å². The molecule has 3 aromatic rings. The first-order valence-corrected chi connectivity index (χ1v) is 9.96. The lowest BCUT2D eigenvalue weighted by Gasteiger charge is -2.35. The van der Waals surface area contributed by atoms with Gasteiger partial charge < -0.3 is 21.7 Å². The smallest absolute Gasteiger partial charge is 0.276 e. The molecular weight excluding hydrogens is 421 g/mol. The molecule has 0 radical (unpaired) electrons. The number of hydrogen-bond acceptors (Lipinski definition) is 6. The van der Waals surface area contributed by atoms with Gasteiger partial charge in [-0.15, -0.1) is 0 Å². The number of nitrogens with zero attached hydrogens (tertiary/aromatic N) is 3. The third kappa shape index (κ3) is 4.22. The number of alkyl halides is 1. The van der Waals surface area contributed by atoms with Gasteiger partial charge in [0.1, 0.15) is 17.8 Å². The molecule has 0 spiro atoms. The first kappa shape index (κ1) is 21.6. The number of rotatable bonds is 4. The maximum atomic E-state index is 14.2. The van der Waals surface area contributed by atoms with Crippen LogP contribution in [0.25, 0.3) is 11.3 Å². The highest BCUT2D eigenvalue weighted by Crippen LogP contribution is 2.30. The highest BCUT2D eigenvalue weighted by Gasteiger charge is 2.28. The van der Waals surface area contributed by atoms with E-state index in [2.05, 4.69) is 15.3 Å². The Morgan fingerprint density at radius 1 is 1.16 bits per heavy atom. The van der Waals surface area contributed by atoms with E-state index in [0.29, 0.717) is 17.9 Å². The summed E-state index contributed by atoms with van der Waals surface area (Å²) in [5, 5.41) is 2.69. The molecule has 1 amide bonds. The highest BCUT2D eigenvalue weighted by molar-refractivity contribution is 6.07. The fraction of sp³-hybridized carbons (Fsp3) is 0.227. The Morgan fingerprint density at radius 3 is 2.62 bits per heavy atom. The number of amides is 1. The van der Waals surface area contributed by atoms with Gasteiger partial charge in [-0.3, -0.25) is 9.78 Å². The first-order chi connectivity index (χ1) is 15.3. The van der Waals surface area contributed by atoms with Gasteiger partial charge in [-0.1, -0.05) is 6.07 Å². The molecule has 4 rings (SSSR count). The maximum absolute atomic E-state index is 14.2. The van der Waals surface area contributed by atoms with E-state index in [1.807, 2.05) is 4.90 Å². The van der Waals surface area contributed by atoms with Crippen LogP contribution < -0.4 is 21.7 Å². The topological polar surface area (TPSA) is 110 Å². The minimum absolute atomic E-state index is 0.0358. The van der Waals surface area contributed by atoms with Gasteiger partial charge in [0.15, 0.2) is 5.69 Å². The number of nitrogens with one attached hydrogen (secondary N) is 1. The quantitative estimate of drug-likeness (QED) is 0.573. The van der Waals surface area contributed by atoms with Crippen LogP contribution in [0.2, 0.25) is 0 Å². The summed E-state index contributed by atoms with van der Waals surface area (Å²) in [6.07, 6.45) is 2.17. The molecule has 10 heteroatoms. The van der Waals surface area contributed by atoms with E-state index in [4.69, 9.17) is 11.5 Å². The average molecular weight is 442 g/mol. The van der Waals surface area contributed by atoms with Crippen LogP contribution in [-0.2, 0) is 0 Å². The summed E-state index contributed by atoms with van der Waals surface area (Å²) < 4.78 is 42.1. The number of nitrogens with two attached hydrogens (primary N) is 2. The zero-order valence-electron chi connectivity index (χ0n) is 16.9. The van der Waals surface area contributed by atoms with Gasteiger partial charge in [-0.2, -0.15) is 0 Å². The van der Waals surface area contributed by atoms with Crippen molar-refractivity contribution in [3.8, 4) is 11.3 Å². The van der Waals surface area contributed by atoms with Gasteiger partial charge in [-0.25, -0.2) is 18.2 Å². The minimum atomic E-state index is -1.09. The SMILES string of the molecule is Nc1ccc(-c2c(F)cccc2F)nc1C(=O)Nc1cnccc1N1CC[C@@H](F)[C@H](N)C1. The second kappa shape index (κ2) is 8.83. The molecule has 7 nitrogen and oxygen atoms in total. The van der Waals surface area contributed by atoms with Gasteiger partial charge >= 0.3 is 0 Å². The molecule has 1 aliphatic rings. The summed E-state index contributed by atoms with van der Waals surface area (Å²) in [4.78, 5) is 23.0. The first-order valence-electron chi connectivity index (χ1n) is 9.96. The van der Waals surface area contributed by atoms with Gasteiger partial charge in [0, 0.05) is 19.3 Å². The molecule has 1 fully saturated rings. The molecular formula is C22H21F3N6O. The van der Waals surface area contributed by atoms with Crippen LogP contribution in [0.15, 0.2) is 48.8 Å². The molecule has 0 aliphatic carbocycles. The summed E-state index contributed by atoms with van der Waals surface area (Å²) in [6.45, 7) is 0.695. The average Bonchev–Trinajstić information content (AvgIpc) is 2.77. The van der Waals surface area contributed by atoms with Crippen molar-refractivity contribution in [3.63, 3.8) is 0 Å². The summed E-state index contributed by atoms with van der Waals surface area (Å²) in [5.74, 6) is -2.30. The monoisotopic (exact) mass is 442 g/mol. The maximum Gasteiger partial charge on any atom is 0.276 e. The van der Waals surface area contributed by atoms with Crippen molar-refractivity contribution in [1.82, 2.24) is 9.97 Å². The molecule has 2 atom stereocenters. The highest BCUT2D eigenvalue weighted by atomic mass is 19.1. The van der Waals surface area contributed by atoms with Crippen LogP contribution in [0.1, 0.15) is 16.9 Å². The van der Waals surface area contributed by atoms with Crippen LogP contribution in [-0.4, -0.2) is 41.2 Å². The molecule has 2 aromatic heterocycles. The molecule has 1 aromatic carbocycles. The van der Waals surface area contributed by atoms with Gasteiger partial charge in [-0.05, 0) is 36.8 Å². The molecule has 0 saturated carbocycles. The summed E-state index contributed by atoms with van der Waals surface area (Å²) in [7, 11) is 0. The van der Waals surface area contributed by atoms with E-state index in [-0.39, 0.29) is 35.6 Å². The number of benzene rings is 1. The van der Waals surface area contributed by atoms with E-state index in [9.17, 15) is 18.0 Å². The minimum Gasteiger partial charge on any atom is -0.397 e. The lowest BCUT2D eigenvalue weighted by atomic mass is 10.0. The molecule has 166 valence electrons. The van der Waals surface area contributed by atoms with E-state index >= 15 is 0 Å². The molecule has 1 aliphatic heterocycles. The summed E-state index contributed by atoms with van der Waals surface area (Å²) >= 11 is 0. The van der Waals surface area contributed by atoms with Crippen molar-refractivity contribution < 1.29 is 18.0 Å². The largest absolute Gasteiger partial charge is 0.397 e. The van der Waals surface area contributed by atoms with Crippen molar-refractivity contribution in [1.29, 1.82) is 0 Å². The Bertz CT molecular complexity index is 1140. The van der Waals surface area contributed by atoms with Crippen molar-refractivity contribution in [2.45, 2.75) is 18.6 Å². The van der Waals surface area contributed by atoms with E-state index in [0.717, 1.165) is 12.1 Å². The van der Waals surface area contributed by atoms with Crippen LogP contribution in [0.4, 0.5) is 30.2 Å². The number of aromatic nitrogens is 2. The predicted octanol–water partition coefficient (Wildman–Crippen LogP) is 3.13. The normalized spacial score (nSPS) is 18.4. The Labute approximate surface area is 182 Å². The number of halogens is 3. The Morgan fingerprint density at radius 2 is 1.91 bits per heavy atom. The van der Waals surface area contributed by atoms with Gasteiger partial charge in [0.2, 0.25) is 0 Å². The molecule has 0 unspecified atom stereocenters. The zero-order valence-corrected chi connectivity index (χ0v) is 16.9. The van der Waals surface area contributed by atoms with Crippen molar-refractivity contribution in [2.75, 3.05) is 29.0 Å². The number of carbonyl (C=O) groups excluding carboxylic acids is 1. The molecule has 5 N–H and O–H groups in total. The van der Waals surface area contributed by atoms with Crippen LogP contribution in [0.5, 0.6) is 0 Å². The number of hydrogen-bond donors (Lipinski definition) is 3. The Balaban J connectivity index is 1.63. The van der Waals surface area contributed by atoms with Gasteiger partial charge in [0.25, 0.3) is 5.91 Å². The predicted molar refractivity (Wildman–Crippen MR) is 116 cm³/mol. The van der Waals surface area contributed by atoms with Crippen molar-refractivity contribution in [3.05, 3.63) is 66.1 Å². The van der Waals surface area contributed by atoms with E-state index < -0.39 is 29.8 Å².